The molecule has 2 rings (SSSR count). The van der Waals surface area contributed by atoms with Crippen molar-refractivity contribution in [3.05, 3.63) is 60.2 Å². The van der Waals surface area contributed by atoms with Gasteiger partial charge in [-0.1, -0.05) is 36.4 Å². The standard InChI is InChI=1S/C17H22N2O/c1-19(2)16-9-6-10-17(13-16)20-12-11-18-14-15-7-4-3-5-8-15/h3-10,13,18H,11-12,14H2,1-2H3. The van der Waals surface area contributed by atoms with Gasteiger partial charge < -0.3 is 15.0 Å². The minimum Gasteiger partial charge on any atom is -0.492 e. The van der Waals surface area contributed by atoms with Gasteiger partial charge in [-0.05, 0) is 17.7 Å². The number of ether oxygens (including phenoxy) is 1. The Labute approximate surface area is 121 Å². The molecule has 0 spiro atoms. The van der Waals surface area contributed by atoms with Crippen LogP contribution in [0.15, 0.2) is 54.6 Å². The molecule has 20 heavy (non-hydrogen) atoms. The van der Waals surface area contributed by atoms with E-state index in [-0.39, 0.29) is 0 Å². The summed E-state index contributed by atoms with van der Waals surface area (Å²) < 4.78 is 5.75. The van der Waals surface area contributed by atoms with Gasteiger partial charge in [-0.25, -0.2) is 0 Å². The van der Waals surface area contributed by atoms with Crippen LogP contribution in [0, 0.1) is 0 Å². The van der Waals surface area contributed by atoms with E-state index in [0.717, 1.165) is 24.5 Å². The zero-order valence-electron chi connectivity index (χ0n) is 12.2. The van der Waals surface area contributed by atoms with Gasteiger partial charge in [-0.3, -0.25) is 0 Å². The van der Waals surface area contributed by atoms with Crippen LogP contribution in [0.3, 0.4) is 0 Å². The highest BCUT2D eigenvalue weighted by molar-refractivity contribution is 5.49. The fourth-order valence-corrected chi connectivity index (χ4v) is 1.92. The predicted molar refractivity (Wildman–Crippen MR) is 84.4 cm³/mol. The van der Waals surface area contributed by atoms with E-state index < -0.39 is 0 Å². The first kappa shape index (κ1) is 14.4. The van der Waals surface area contributed by atoms with Crippen LogP contribution in [0.25, 0.3) is 0 Å². The molecule has 0 aliphatic rings. The molecule has 0 unspecified atom stereocenters. The molecule has 0 fully saturated rings. The van der Waals surface area contributed by atoms with Crippen molar-refractivity contribution in [3.63, 3.8) is 0 Å². The Bertz CT molecular complexity index is 511. The Morgan fingerprint density at radius 3 is 2.55 bits per heavy atom. The van der Waals surface area contributed by atoms with Crippen LogP contribution < -0.4 is 15.0 Å². The van der Waals surface area contributed by atoms with Crippen molar-refractivity contribution in [2.75, 3.05) is 32.1 Å². The first-order valence-corrected chi connectivity index (χ1v) is 6.90. The number of nitrogens with one attached hydrogen (secondary N) is 1. The normalized spacial score (nSPS) is 10.3. The van der Waals surface area contributed by atoms with Crippen molar-refractivity contribution in [2.24, 2.45) is 0 Å². The van der Waals surface area contributed by atoms with E-state index in [9.17, 15) is 0 Å². The van der Waals surface area contributed by atoms with E-state index in [2.05, 4.69) is 46.6 Å². The second-order valence-corrected chi connectivity index (χ2v) is 4.90. The molecule has 2 aromatic rings. The lowest BCUT2D eigenvalue weighted by Gasteiger charge is -2.14. The third-order valence-corrected chi connectivity index (χ3v) is 3.05. The summed E-state index contributed by atoms with van der Waals surface area (Å²) in [6.45, 7) is 2.38. The van der Waals surface area contributed by atoms with Crippen molar-refractivity contribution < 1.29 is 4.74 Å². The highest BCUT2D eigenvalue weighted by Crippen LogP contribution is 2.18. The second-order valence-electron chi connectivity index (χ2n) is 4.90. The topological polar surface area (TPSA) is 24.5 Å². The number of nitrogens with zero attached hydrogens (tertiary/aromatic N) is 1. The summed E-state index contributed by atoms with van der Waals surface area (Å²) in [7, 11) is 4.06. The number of rotatable bonds is 7. The Kier molecular flexibility index (Phi) is 5.44. The summed E-state index contributed by atoms with van der Waals surface area (Å²) in [5.74, 6) is 0.915. The molecule has 0 saturated heterocycles. The van der Waals surface area contributed by atoms with Crippen LogP contribution in [-0.4, -0.2) is 27.2 Å². The first-order chi connectivity index (χ1) is 9.75. The minimum atomic E-state index is 0.670. The number of hydrogen-bond donors (Lipinski definition) is 1. The van der Waals surface area contributed by atoms with Crippen molar-refractivity contribution in [2.45, 2.75) is 6.54 Å². The highest BCUT2D eigenvalue weighted by atomic mass is 16.5. The summed E-state index contributed by atoms with van der Waals surface area (Å²) in [6.07, 6.45) is 0. The van der Waals surface area contributed by atoms with Gasteiger partial charge in [-0.2, -0.15) is 0 Å². The van der Waals surface area contributed by atoms with Crippen LogP contribution in [0.5, 0.6) is 5.75 Å². The molecule has 0 aliphatic carbocycles. The average Bonchev–Trinajstić information content (AvgIpc) is 2.48. The summed E-state index contributed by atoms with van der Waals surface area (Å²) in [4.78, 5) is 2.07. The SMILES string of the molecule is CN(C)c1cccc(OCCNCc2ccccc2)c1. The smallest absolute Gasteiger partial charge is 0.121 e. The van der Waals surface area contributed by atoms with E-state index in [0.29, 0.717) is 6.61 Å². The van der Waals surface area contributed by atoms with Crippen molar-refractivity contribution >= 4 is 5.69 Å². The quantitative estimate of drug-likeness (QED) is 0.783. The Balaban J connectivity index is 1.69. The van der Waals surface area contributed by atoms with Crippen LogP contribution in [0.2, 0.25) is 0 Å². The largest absolute Gasteiger partial charge is 0.492 e. The lowest BCUT2D eigenvalue weighted by Crippen LogP contribution is -2.20. The molecule has 0 radical (unpaired) electrons. The molecule has 0 bridgehead atoms. The van der Waals surface area contributed by atoms with E-state index in [1.807, 2.05) is 32.3 Å². The first-order valence-electron chi connectivity index (χ1n) is 6.90. The summed E-state index contributed by atoms with van der Waals surface area (Å²) in [5, 5.41) is 3.37. The monoisotopic (exact) mass is 270 g/mol. The maximum absolute atomic E-state index is 5.75. The van der Waals surface area contributed by atoms with E-state index >= 15 is 0 Å². The molecule has 0 atom stereocenters. The maximum Gasteiger partial charge on any atom is 0.121 e. The number of benzene rings is 2. The average molecular weight is 270 g/mol. The number of hydrogen-bond acceptors (Lipinski definition) is 3. The molecule has 0 amide bonds. The summed E-state index contributed by atoms with van der Waals surface area (Å²) >= 11 is 0. The minimum absolute atomic E-state index is 0.670. The molecule has 0 heterocycles. The molecule has 0 aliphatic heterocycles. The molecule has 3 heteroatoms. The molecular weight excluding hydrogens is 248 g/mol. The Morgan fingerprint density at radius 1 is 1.00 bits per heavy atom. The third-order valence-electron chi connectivity index (χ3n) is 3.05. The zero-order chi connectivity index (χ0) is 14.2. The summed E-state index contributed by atoms with van der Waals surface area (Å²) in [6, 6.07) is 18.5. The van der Waals surface area contributed by atoms with E-state index in [4.69, 9.17) is 4.74 Å². The van der Waals surface area contributed by atoms with Crippen LogP contribution in [-0.2, 0) is 6.54 Å². The van der Waals surface area contributed by atoms with Crippen molar-refractivity contribution in [3.8, 4) is 5.75 Å². The zero-order valence-corrected chi connectivity index (χ0v) is 12.2. The fourth-order valence-electron chi connectivity index (χ4n) is 1.92. The fraction of sp³-hybridized carbons (Fsp3) is 0.294. The van der Waals surface area contributed by atoms with E-state index in [1.54, 1.807) is 0 Å². The molecule has 0 saturated carbocycles. The maximum atomic E-state index is 5.75. The van der Waals surface area contributed by atoms with Gasteiger partial charge in [-0.15, -0.1) is 0 Å². The van der Waals surface area contributed by atoms with Gasteiger partial charge in [0.05, 0.1) is 0 Å². The van der Waals surface area contributed by atoms with Gasteiger partial charge in [0.2, 0.25) is 0 Å². The van der Waals surface area contributed by atoms with Gasteiger partial charge in [0.15, 0.2) is 0 Å². The lowest BCUT2D eigenvalue weighted by molar-refractivity contribution is 0.313. The predicted octanol–water partition coefficient (Wildman–Crippen LogP) is 2.92. The van der Waals surface area contributed by atoms with Crippen molar-refractivity contribution in [1.82, 2.24) is 5.32 Å². The molecular formula is C17H22N2O. The lowest BCUT2D eigenvalue weighted by atomic mass is 10.2. The van der Waals surface area contributed by atoms with Crippen molar-refractivity contribution in [1.29, 1.82) is 0 Å². The third kappa shape index (κ3) is 4.59. The van der Waals surface area contributed by atoms with Gasteiger partial charge in [0.25, 0.3) is 0 Å². The molecule has 1 N–H and O–H groups in total. The van der Waals surface area contributed by atoms with Gasteiger partial charge >= 0.3 is 0 Å². The molecule has 106 valence electrons. The molecule has 2 aromatic carbocycles. The Hall–Kier alpha value is -2.00. The van der Waals surface area contributed by atoms with Gasteiger partial charge in [0, 0.05) is 38.9 Å². The summed E-state index contributed by atoms with van der Waals surface area (Å²) in [5.41, 5.74) is 2.45. The van der Waals surface area contributed by atoms with Gasteiger partial charge in [0.1, 0.15) is 12.4 Å². The van der Waals surface area contributed by atoms with E-state index in [1.165, 1.54) is 5.56 Å². The molecule has 3 nitrogen and oxygen atoms in total. The highest BCUT2D eigenvalue weighted by Gasteiger charge is 1.98. The Morgan fingerprint density at radius 2 is 1.80 bits per heavy atom. The molecule has 0 aromatic heterocycles. The number of anilines is 1. The second kappa shape index (κ2) is 7.56. The van der Waals surface area contributed by atoms with Crippen LogP contribution in [0.1, 0.15) is 5.56 Å². The van der Waals surface area contributed by atoms with Crippen LogP contribution in [0.4, 0.5) is 5.69 Å². The van der Waals surface area contributed by atoms with Crippen LogP contribution >= 0.6 is 0 Å².